The molecule has 146 valence electrons. The van der Waals surface area contributed by atoms with Crippen molar-refractivity contribution in [1.29, 1.82) is 0 Å². The van der Waals surface area contributed by atoms with Gasteiger partial charge in [-0.3, -0.25) is 4.99 Å². The minimum absolute atomic E-state index is 0.199. The van der Waals surface area contributed by atoms with Crippen LogP contribution in [0.25, 0.3) is 0 Å². The summed E-state index contributed by atoms with van der Waals surface area (Å²) >= 11 is 0. The van der Waals surface area contributed by atoms with Crippen LogP contribution < -0.4 is 15.8 Å². The lowest BCUT2D eigenvalue weighted by molar-refractivity contribution is -0.111. The lowest BCUT2D eigenvalue weighted by Gasteiger charge is -2.16. The predicted octanol–water partition coefficient (Wildman–Crippen LogP) is 3.79. The van der Waals surface area contributed by atoms with E-state index in [1.54, 1.807) is 14.1 Å². The van der Waals surface area contributed by atoms with Crippen LogP contribution in [0, 0.1) is 5.92 Å². The first kappa shape index (κ1) is 21.9. The minimum atomic E-state index is 0.199. The fourth-order valence-corrected chi connectivity index (χ4v) is 2.92. The van der Waals surface area contributed by atoms with E-state index in [0.29, 0.717) is 23.5 Å². The molecule has 0 aromatic carbocycles. The molecule has 0 saturated heterocycles. The molecule has 3 N–H and O–H groups in total. The molecule has 6 nitrogen and oxygen atoms in total. The molecule has 26 heavy (non-hydrogen) atoms. The summed E-state index contributed by atoms with van der Waals surface area (Å²) in [5.41, 5.74) is 6.59. The first-order chi connectivity index (χ1) is 12.6. The predicted molar refractivity (Wildman–Crippen MR) is 108 cm³/mol. The number of nitrogens with two attached hydrogens (primary N) is 1. The average molecular weight is 363 g/mol. The molecule has 6 heteroatoms. The molecule has 1 fully saturated rings. The summed E-state index contributed by atoms with van der Waals surface area (Å²) in [6.07, 6.45) is 9.40. The third kappa shape index (κ3) is 7.02. The van der Waals surface area contributed by atoms with Crippen molar-refractivity contribution in [2.75, 3.05) is 19.4 Å². The van der Waals surface area contributed by atoms with Gasteiger partial charge in [-0.25, -0.2) is 0 Å². The highest BCUT2D eigenvalue weighted by Gasteiger charge is 2.11. The van der Waals surface area contributed by atoms with E-state index < -0.39 is 0 Å². The summed E-state index contributed by atoms with van der Waals surface area (Å²) in [7, 11) is 3.46. The number of aliphatic imine (C=N–C) groups is 1. The summed E-state index contributed by atoms with van der Waals surface area (Å²) in [4.78, 5) is 18.5. The van der Waals surface area contributed by atoms with Gasteiger partial charge in [-0.2, -0.15) is 4.98 Å². The quantitative estimate of drug-likeness (QED) is 0.437. The van der Waals surface area contributed by atoms with Gasteiger partial charge in [0.1, 0.15) is 17.9 Å². The fourth-order valence-electron chi connectivity index (χ4n) is 2.92. The van der Waals surface area contributed by atoms with Crippen molar-refractivity contribution in [2.45, 2.75) is 64.9 Å². The molecule has 0 unspecified atom stereocenters. The topological polar surface area (TPSA) is 89.6 Å². The Kier molecular flexibility index (Phi) is 10.4. The standard InChI is InChI=1S/C13H22N4O.C7H12O/c1-5-9(6-2)18-11-8-7-10(12(14)15-3)13(16-4)17-11;8-6-7-4-2-1-3-5-7/h7-9H,5-6H2,1-4H3,(H2,14,15)(H,16,17);6-7H,1-5H2. The van der Waals surface area contributed by atoms with Crippen LogP contribution in [0.4, 0.5) is 5.82 Å². The zero-order chi connectivity index (χ0) is 19.4. The first-order valence-corrected chi connectivity index (χ1v) is 9.62. The van der Waals surface area contributed by atoms with E-state index in [1.807, 2.05) is 12.1 Å². The monoisotopic (exact) mass is 362 g/mol. The number of carbonyl (C=O) groups is 1. The Morgan fingerprint density at radius 1 is 1.35 bits per heavy atom. The minimum Gasteiger partial charge on any atom is -0.474 e. The van der Waals surface area contributed by atoms with E-state index in [1.165, 1.54) is 19.3 Å². The van der Waals surface area contributed by atoms with Crippen LogP contribution in [-0.4, -0.2) is 37.3 Å². The van der Waals surface area contributed by atoms with Crippen molar-refractivity contribution in [3.05, 3.63) is 17.7 Å². The van der Waals surface area contributed by atoms with Crippen LogP contribution >= 0.6 is 0 Å². The number of nitrogens with zero attached hydrogens (tertiary/aromatic N) is 2. The lowest BCUT2D eigenvalue weighted by Crippen LogP contribution is -2.18. The van der Waals surface area contributed by atoms with E-state index >= 15 is 0 Å². The van der Waals surface area contributed by atoms with Crippen LogP contribution in [0.1, 0.15) is 64.4 Å². The number of hydrogen-bond acceptors (Lipinski definition) is 5. The van der Waals surface area contributed by atoms with Crippen LogP contribution in [0.3, 0.4) is 0 Å². The summed E-state index contributed by atoms with van der Waals surface area (Å²) < 4.78 is 5.79. The molecular formula is C20H34N4O2. The van der Waals surface area contributed by atoms with Crippen molar-refractivity contribution in [2.24, 2.45) is 16.6 Å². The van der Waals surface area contributed by atoms with Crippen LogP contribution in [0.5, 0.6) is 5.88 Å². The summed E-state index contributed by atoms with van der Waals surface area (Å²) in [5.74, 6) is 2.16. The number of carbonyl (C=O) groups excluding carboxylic acids is 1. The van der Waals surface area contributed by atoms with E-state index in [4.69, 9.17) is 10.5 Å². The van der Waals surface area contributed by atoms with Crippen molar-refractivity contribution in [3.8, 4) is 5.88 Å². The number of hydrogen-bond donors (Lipinski definition) is 2. The Labute approximate surface area is 157 Å². The number of rotatable bonds is 7. The van der Waals surface area contributed by atoms with Crippen molar-refractivity contribution in [3.63, 3.8) is 0 Å². The van der Waals surface area contributed by atoms with Gasteiger partial charge in [-0.15, -0.1) is 0 Å². The highest BCUT2D eigenvalue weighted by Crippen LogP contribution is 2.21. The number of amidine groups is 1. The van der Waals surface area contributed by atoms with Crippen molar-refractivity contribution >= 4 is 17.9 Å². The number of aldehydes is 1. The Hall–Kier alpha value is -2.11. The average Bonchev–Trinajstić information content (AvgIpc) is 2.72. The van der Waals surface area contributed by atoms with Gasteiger partial charge in [0, 0.05) is 26.1 Å². The van der Waals surface area contributed by atoms with Gasteiger partial charge in [-0.05, 0) is 31.7 Å². The van der Waals surface area contributed by atoms with Crippen LogP contribution in [0.15, 0.2) is 17.1 Å². The van der Waals surface area contributed by atoms with Gasteiger partial charge in [0.05, 0.1) is 11.7 Å². The van der Waals surface area contributed by atoms with Crippen LogP contribution in [-0.2, 0) is 4.79 Å². The highest BCUT2D eigenvalue weighted by molar-refractivity contribution is 6.01. The summed E-state index contributed by atoms with van der Waals surface area (Å²) in [6.45, 7) is 4.20. The largest absolute Gasteiger partial charge is 0.474 e. The highest BCUT2D eigenvalue weighted by atomic mass is 16.5. The van der Waals surface area contributed by atoms with Gasteiger partial charge >= 0.3 is 0 Å². The maximum absolute atomic E-state index is 10.2. The second-order valence-corrected chi connectivity index (χ2v) is 6.50. The molecule has 0 atom stereocenters. The molecule has 1 saturated carbocycles. The van der Waals surface area contributed by atoms with Gasteiger partial charge in [0.15, 0.2) is 0 Å². The van der Waals surface area contributed by atoms with E-state index in [0.717, 1.165) is 37.5 Å². The SMILES string of the molecule is CCC(CC)Oc1ccc(C(N)=NC)c(NC)n1.O=CC1CCCCC1. The van der Waals surface area contributed by atoms with Crippen LogP contribution in [0.2, 0.25) is 0 Å². The molecule has 1 heterocycles. The zero-order valence-corrected chi connectivity index (χ0v) is 16.6. The molecular weight excluding hydrogens is 328 g/mol. The maximum atomic E-state index is 10.2. The molecule has 1 aromatic heterocycles. The number of pyridine rings is 1. The second-order valence-electron chi connectivity index (χ2n) is 6.50. The molecule has 0 spiro atoms. The second kappa shape index (κ2) is 12.3. The maximum Gasteiger partial charge on any atom is 0.215 e. The number of aromatic nitrogens is 1. The lowest BCUT2D eigenvalue weighted by atomic mass is 9.91. The van der Waals surface area contributed by atoms with Gasteiger partial charge in [-0.1, -0.05) is 33.1 Å². The van der Waals surface area contributed by atoms with Gasteiger partial charge in [0.2, 0.25) is 5.88 Å². The molecule has 0 bridgehead atoms. The fraction of sp³-hybridized carbons (Fsp3) is 0.650. The number of ether oxygens (including phenoxy) is 1. The summed E-state index contributed by atoms with van der Waals surface area (Å²) in [6, 6.07) is 3.70. The third-order valence-corrected chi connectivity index (χ3v) is 4.66. The Morgan fingerprint density at radius 3 is 2.46 bits per heavy atom. The van der Waals surface area contributed by atoms with Gasteiger partial charge < -0.3 is 20.6 Å². The molecule has 2 rings (SSSR count). The zero-order valence-electron chi connectivity index (χ0n) is 16.6. The molecule has 0 amide bonds. The smallest absolute Gasteiger partial charge is 0.215 e. The Bertz CT molecular complexity index is 565. The van der Waals surface area contributed by atoms with Crippen molar-refractivity contribution < 1.29 is 9.53 Å². The molecule has 1 aliphatic carbocycles. The molecule has 1 aliphatic rings. The molecule has 1 aromatic rings. The Morgan fingerprint density at radius 2 is 2.00 bits per heavy atom. The Balaban J connectivity index is 0.000000350. The number of anilines is 1. The summed E-state index contributed by atoms with van der Waals surface area (Å²) in [5, 5.41) is 3.01. The van der Waals surface area contributed by atoms with Gasteiger partial charge in [0.25, 0.3) is 0 Å². The third-order valence-electron chi connectivity index (χ3n) is 4.66. The van der Waals surface area contributed by atoms with Crippen molar-refractivity contribution in [1.82, 2.24) is 4.98 Å². The normalized spacial score (nSPS) is 15.2. The first-order valence-electron chi connectivity index (χ1n) is 9.62. The molecule has 0 radical (unpaired) electrons. The molecule has 0 aliphatic heterocycles. The van der Waals surface area contributed by atoms with E-state index in [9.17, 15) is 4.79 Å². The number of nitrogens with one attached hydrogen (secondary N) is 1. The van der Waals surface area contributed by atoms with E-state index in [-0.39, 0.29) is 6.10 Å². The van der Waals surface area contributed by atoms with E-state index in [2.05, 4.69) is 29.1 Å².